The zero-order valence-electron chi connectivity index (χ0n) is 7.20. The number of carboxylic acid groups (broad SMARTS) is 1. The van der Waals surface area contributed by atoms with Gasteiger partial charge in [-0.1, -0.05) is 0 Å². The van der Waals surface area contributed by atoms with Gasteiger partial charge in [0.15, 0.2) is 0 Å². The van der Waals surface area contributed by atoms with E-state index in [1.807, 2.05) is 0 Å². The summed E-state index contributed by atoms with van der Waals surface area (Å²) in [7, 11) is 0. The van der Waals surface area contributed by atoms with Gasteiger partial charge in [0, 0.05) is 0 Å². The fourth-order valence-corrected chi connectivity index (χ4v) is 2.03. The van der Waals surface area contributed by atoms with Crippen LogP contribution in [0.4, 0.5) is 0 Å². The molecule has 0 spiro atoms. The van der Waals surface area contributed by atoms with Crippen LogP contribution in [0, 0.1) is 0 Å². The van der Waals surface area contributed by atoms with Gasteiger partial charge in [-0.15, -0.1) is 0 Å². The minimum absolute atomic E-state index is 0. The first-order chi connectivity index (χ1) is 5.13. The Morgan fingerprint density at radius 2 is 2.00 bits per heavy atom. The average Bonchev–Trinajstić information content (AvgIpc) is 1.94. The molecule has 0 atom stereocenters. The van der Waals surface area contributed by atoms with Crippen LogP contribution in [0.25, 0.3) is 0 Å². The van der Waals surface area contributed by atoms with Crippen molar-refractivity contribution in [2.45, 2.75) is 0 Å². The first kappa shape index (κ1) is 15.8. The molecule has 0 fully saturated rings. The van der Waals surface area contributed by atoms with Gasteiger partial charge in [0.05, 0.1) is 0 Å². The predicted molar refractivity (Wildman–Crippen MR) is 35.7 cm³/mol. The van der Waals surface area contributed by atoms with Gasteiger partial charge in [-0.2, -0.15) is 0 Å². The summed E-state index contributed by atoms with van der Waals surface area (Å²) in [5.74, 6) is -1.45. The van der Waals surface area contributed by atoms with Crippen molar-refractivity contribution in [3.8, 4) is 5.75 Å². The van der Waals surface area contributed by atoms with E-state index in [9.17, 15) is 15.0 Å². The van der Waals surface area contributed by atoms with Gasteiger partial charge in [-0.25, -0.2) is 0 Å². The summed E-state index contributed by atoms with van der Waals surface area (Å²) in [6.07, 6.45) is 0. The van der Waals surface area contributed by atoms with Gasteiger partial charge in [0.2, 0.25) is 0 Å². The fraction of sp³-hybridized carbons (Fsp3) is 0. The van der Waals surface area contributed by atoms with Gasteiger partial charge in [-0.05, 0) is 0 Å². The molecule has 0 saturated carbocycles. The van der Waals surface area contributed by atoms with Crippen molar-refractivity contribution >= 4 is 9.04 Å². The molecule has 0 aliphatic carbocycles. The van der Waals surface area contributed by atoms with Crippen molar-refractivity contribution in [3.63, 3.8) is 0 Å². The number of aromatic hydroxyl groups is 1. The Labute approximate surface area is 114 Å². The first-order valence-corrected chi connectivity index (χ1v) is 5.73. The Bertz CT molecular complexity index is 303. The average molecular weight is 378 g/mol. The van der Waals surface area contributed by atoms with Crippen molar-refractivity contribution in [2.75, 3.05) is 0 Å². The summed E-state index contributed by atoms with van der Waals surface area (Å²) in [6.45, 7) is 0. The summed E-state index contributed by atoms with van der Waals surface area (Å²) < 4.78 is 0.728. The van der Waals surface area contributed by atoms with E-state index < -0.39 is 5.97 Å². The Balaban J connectivity index is 0. The Morgan fingerprint density at radius 1 is 1.46 bits per heavy atom. The molecule has 1 aromatic carbocycles. The molecule has 6 heteroatoms. The van der Waals surface area contributed by atoms with Crippen molar-refractivity contribution in [1.29, 1.82) is 0 Å². The van der Waals surface area contributed by atoms with Crippen LogP contribution in [-0.2, 0) is 26.1 Å². The summed E-state index contributed by atoms with van der Waals surface area (Å²) in [5, 5.41) is 19.5. The van der Waals surface area contributed by atoms with Crippen molar-refractivity contribution < 1.29 is 76.2 Å². The van der Waals surface area contributed by atoms with E-state index >= 15 is 0 Å². The minimum atomic E-state index is -1.32. The second kappa shape index (κ2) is 6.78. The molecule has 0 aliphatic rings. The van der Waals surface area contributed by atoms with Crippen LogP contribution in [0.3, 0.4) is 0 Å². The Morgan fingerprint density at radius 3 is 2.38 bits per heavy atom. The summed E-state index contributed by atoms with van der Waals surface area (Å²) >= 11 is 0.230. The number of carbonyl (C=O) groups excluding carboxylic acids is 1. The van der Waals surface area contributed by atoms with E-state index in [-0.39, 0.29) is 72.5 Å². The molecule has 0 radical (unpaired) electrons. The third-order valence-electron chi connectivity index (χ3n) is 1.34. The number of phenols is 1. The Kier molecular flexibility index (Phi) is 8.26. The number of carboxylic acids is 1. The topological polar surface area (TPSA) is 91.9 Å². The van der Waals surface area contributed by atoms with Gasteiger partial charge < -0.3 is 5.48 Å². The maximum Gasteiger partial charge on any atom is 1.00 e. The van der Waals surface area contributed by atoms with Gasteiger partial charge >= 0.3 is 109 Å². The standard InChI is InChI=1S/C7H5O3.Hg.Na.H2O/c8-6-4-2-1-3-5(6)7(9)10;;;/h1-3,8H,(H,9,10);;;1H2/q;;+1;/p-1. The molecule has 0 saturated heterocycles. The van der Waals surface area contributed by atoms with Crippen LogP contribution in [0.15, 0.2) is 18.2 Å². The quantitative estimate of drug-likeness (QED) is 0.497. The predicted octanol–water partition coefficient (Wildman–Crippen LogP) is -4.89. The molecule has 13 heavy (non-hydrogen) atoms. The van der Waals surface area contributed by atoms with Crippen LogP contribution in [0.2, 0.25) is 0 Å². The molecule has 1 aromatic rings. The molecule has 0 bridgehead atoms. The number of benzene rings is 1. The monoisotopic (exact) mass is 379 g/mol. The second-order valence-electron chi connectivity index (χ2n) is 2.10. The van der Waals surface area contributed by atoms with Crippen LogP contribution < -0.4 is 37.7 Å². The largest absolute Gasteiger partial charge is 1.00 e. The number of carbonyl (C=O) groups is 1. The van der Waals surface area contributed by atoms with E-state index in [0.29, 0.717) is 0 Å². The first-order valence-electron chi connectivity index (χ1n) is 2.98. The Hall–Kier alpha value is 0.385. The normalized spacial score (nSPS) is 8.15. The number of para-hydroxylation sites is 1. The van der Waals surface area contributed by atoms with Gasteiger partial charge in [-0.3, -0.25) is 0 Å². The van der Waals surface area contributed by atoms with Crippen LogP contribution in [-0.4, -0.2) is 16.6 Å². The summed E-state index contributed by atoms with van der Waals surface area (Å²) in [4.78, 5) is 10.3. The van der Waals surface area contributed by atoms with Crippen LogP contribution in [0.1, 0.15) is 10.4 Å². The molecule has 0 aliphatic heterocycles. The van der Waals surface area contributed by atoms with E-state index in [4.69, 9.17) is 0 Å². The van der Waals surface area contributed by atoms with Crippen molar-refractivity contribution in [1.82, 2.24) is 0 Å². The van der Waals surface area contributed by atoms with Crippen molar-refractivity contribution in [3.05, 3.63) is 23.8 Å². The summed E-state index contributed by atoms with van der Waals surface area (Å²) in [6, 6.07) is 4.65. The number of hydrogen-bond donors (Lipinski definition) is 1. The third-order valence-corrected chi connectivity index (χ3v) is 3.56. The van der Waals surface area contributed by atoms with E-state index in [1.165, 1.54) is 6.07 Å². The van der Waals surface area contributed by atoms with Crippen molar-refractivity contribution in [2.24, 2.45) is 0 Å². The third kappa shape index (κ3) is 3.95. The molecule has 0 heterocycles. The van der Waals surface area contributed by atoms with Gasteiger partial charge in [0.1, 0.15) is 0 Å². The SMILES string of the molecule is O.O=C([O-])c1ccc[c]([Hg])c1O.[Na+]. The second-order valence-corrected chi connectivity index (χ2v) is 5.06. The number of rotatable bonds is 1. The van der Waals surface area contributed by atoms with Crippen LogP contribution in [0.5, 0.6) is 5.75 Å². The molecule has 0 amide bonds. The molecule has 61 valence electrons. The zero-order valence-corrected chi connectivity index (χ0v) is 14.7. The summed E-state index contributed by atoms with van der Waals surface area (Å²) in [5.41, 5.74) is -0.113. The maximum atomic E-state index is 10.3. The molecule has 4 nitrogen and oxygen atoms in total. The molecular formula is C7H6HgNaO4. The maximum absolute atomic E-state index is 10.3. The molecule has 1 rings (SSSR count). The molecule has 0 unspecified atom stereocenters. The zero-order chi connectivity index (χ0) is 8.43. The smallest absolute Gasteiger partial charge is 1.00 e. The fourth-order valence-electron chi connectivity index (χ4n) is 0.756. The minimum Gasteiger partial charge on any atom is 1.00 e. The molecule has 3 N–H and O–H groups in total. The number of hydrogen-bond acceptors (Lipinski definition) is 3. The molecule has 0 aromatic heterocycles. The van der Waals surface area contributed by atoms with E-state index in [2.05, 4.69) is 0 Å². The van der Waals surface area contributed by atoms with E-state index in [1.54, 1.807) is 12.1 Å². The van der Waals surface area contributed by atoms with Gasteiger partial charge in [0.25, 0.3) is 0 Å². The number of aromatic carboxylic acids is 1. The molecular weight excluding hydrogens is 372 g/mol. The van der Waals surface area contributed by atoms with E-state index in [0.717, 1.165) is 3.07 Å². The van der Waals surface area contributed by atoms with Crippen LogP contribution >= 0.6 is 0 Å².